The zero-order valence-electron chi connectivity index (χ0n) is 14.0. The van der Waals surface area contributed by atoms with Gasteiger partial charge in [0.15, 0.2) is 0 Å². The molecular formula is C17H19FN2O4S2. The number of nitrogens with zero attached hydrogens (tertiary/aromatic N) is 2. The zero-order valence-corrected chi connectivity index (χ0v) is 15.6. The molecule has 140 valence electrons. The summed E-state index contributed by atoms with van der Waals surface area (Å²) in [4.78, 5) is 0.188. The highest BCUT2D eigenvalue weighted by atomic mass is 32.2. The van der Waals surface area contributed by atoms with Gasteiger partial charge in [0.2, 0.25) is 20.0 Å². The van der Waals surface area contributed by atoms with Crippen molar-refractivity contribution in [2.75, 3.05) is 26.2 Å². The molecule has 2 aromatic carbocycles. The third kappa shape index (κ3) is 3.80. The first-order valence-electron chi connectivity index (χ1n) is 8.13. The average Bonchev–Trinajstić information content (AvgIpc) is 2.90. The fraction of sp³-hybridized carbons (Fsp3) is 0.294. The maximum Gasteiger partial charge on any atom is 0.243 e. The van der Waals surface area contributed by atoms with Crippen molar-refractivity contribution < 1.29 is 21.2 Å². The van der Waals surface area contributed by atoms with Crippen molar-refractivity contribution in [2.24, 2.45) is 0 Å². The molecule has 3 rings (SSSR count). The molecule has 1 heterocycles. The smallest absolute Gasteiger partial charge is 0.207 e. The van der Waals surface area contributed by atoms with E-state index in [1.165, 1.54) is 32.9 Å². The summed E-state index contributed by atoms with van der Waals surface area (Å²) in [6, 6.07) is 12.7. The highest BCUT2D eigenvalue weighted by Crippen LogP contribution is 2.21. The van der Waals surface area contributed by atoms with Crippen LogP contribution in [0.25, 0.3) is 0 Å². The number of hydrogen-bond donors (Lipinski definition) is 0. The van der Waals surface area contributed by atoms with E-state index in [-0.39, 0.29) is 36.0 Å². The number of hydrogen-bond acceptors (Lipinski definition) is 4. The molecule has 0 bridgehead atoms. The molecule has 1 aliphatic heterocycles. The van der Waals surface area contributed by atoms with Crippen molar-refractivity contribution >= 4 is 20.0 Å². The SMILES string of the molecule is O=S(=O)(c1ccccc1)N1CCCN(S(=O)(=O)c2ccc(F)cc2)CC1. The second-order valence-corrected chi connectivity index (χ2v) is 9.80. The first-order valence-corrected chi connectivity index (χ1v) is 11.0. The summed E-state index contributed by atoms with van der Waals surface area (Å²) in [5.74, 6) is -0.514. The third-order valence-corrected chi connectivity index (χ3v) is 8.07. The van der Waals surface area contributed by atoms with E-state index in [4.69, 9.17) is 0 Å². The van der Waals surface area contributed by atoms with Gasteiger partial charge in [-0.25, -0.2) is 21.2 Å². The maximum atomic E-state index is 13.0. The number of benzene rings is 2. The van der Waals surface area contributed by atoms with Crippen LogP contribution in [-0.4, -0.2) is 51.6 Å². The van der Waals surface area contributed by atoms with Crippen molar-refractivity contribution in [1.29, 1.82) is 0 Å². The maximum absolute atomic E-state index is 13.0. The predicted octanol–water partition coefficient (Wildman–Crippen LogP) is 1.91. The van der Waals surface area contributed by atoms with E-state index in [0.717, 1.165) is 12.1 Å². The number of rotatable bonds is 4. The Labute approximate surface area is 153 Å². The number of sulfonamides is 2. The van der Waals surface area contributed by atoms with E-state index in [1.54, 1.807) is 18.2 Å². The Morgan fingerprint density at radius 1 is 0.654 bits per heavy atom. The molecule has 0 radical (unpaired) electrons. The monoisotopic (exact) mass is 398 g/mol. The van der Waals surface area contributed by atoms with Crippen molar-refractivity contribution in [3.63, 3.8) is 0 Å². The Morgan fingerprint density at radius 2 is 1.12 bits per heavy atom. The lowest BCUT2D eigenvalue weighted by molar-refractivity contribution is 0.404. The molecule has 9 heteroatoms. The van der Waals surface area contributed by atoms with Crippen LogP contribution in [0.4, 0.5) is 4.39 Å². The molecule has 0 atom stereocenters. The molecule has 0 spiro atoms. The van der Waals surface area contributed by atoms with Gasteiger partial charge in [-0.1, -0.05) is 18.2 Å². The van der Waals surface area contributed by atoms with Crippen LogP contribution >= 0.6 is 0 Å². The molecule has 0 unspecified atom stereocenters. The van der Waals surface area contributed by atoms with Gasteiger partial charge in [-0.2, -0.15) is 8.61 Å². The molecule has 1 aliphatic rings. The predicted molar refractivity (Wildman–Crippen MR) is 95.0 cm³/mol. The molecule has 6 nitrogen and oxygen atoms in total. The van der Waals surface area contributed by atoms with Gasteiger partial charge in [-0.05, 0) is 42.8 Å². The van der Waals surface area contributed by atoms with Gasteiger partial charge in [0.1, 0.15) is 5.82 Å². The second kappa shape index (κ2) is 7.43. The van der Waals surface area contributed by atoms with Crippen LogP contribution in [-0.2, 0) is 20.0 Å². The minimum atomic E-state index is -3.79. The fourth-order valence-electron chi connectivity index (χ4n) is 2.85. The lowest BCUT2D eigenvalue weighted by Crippen LogP contribution is -2.37. The van der Waals surface area contributed by atoms with Gasteiger partial charge in [0.05, 0.1) is 9.79 Å². The van der Waals surface area contributed by atoms with E-state index >= 15 is 0 Å². The summed E-state index contributed by atoms with van der Waals surface area (Å²) in [5.41, 5.74) is 0. The summed E-state index contributed by atoms with van der Waals surface area (Å²) in [6.07, 6.45) is 0.381. The number of halogens is 1. The topological polar surface area (TPSA) is 74.8 Å². The van der Waals surface area contributed by atoms with Crippen LogP contribution in [0.15, 0.2) is 64.4 Å². The van der Waals surface area contributed by atoms with Crippen LogP contribution in [0.5, 0.6) is 0 Å². The van der Waals surface area contributed by atoms with Crippen molar-refractivity contribution in [3.05, 3.63) is 60.4 Å². The molecule has 0 aromatic heterocycles. The Balaban J connectivity index is 1.79. The van der Waals surface area contributed by atoms with E-state index in [1.807, 2.05) is 0 Å². The van der Waals surface area contributed by atoms with Crippen molar-refractivity contribution in [3.8, 4) is 0 Å². The van der Waals surface area contributed by atoms with E-state index in [0.29, 0.717) is 6.42 Å². The highest BCUT2D eigenvalue weighted by Gasteiger charge is 2.31. The normalized spacial score (nSPS) is 17.7. The van der Waals surface area contributed by atoms with Crippen LogP contribution in [0.2, 0.25) is 0 Å². The largest absolute Gasteiger partial charge is 0.243 e. The van der Waals surface area contributed by atoms with E-state index in [9.17, 15) is 21.2 Å². The van der Waals surface area contributed by atoms with Gasteiger partial charge in [0.25, 0.3) is 0 Å². The lowest BCUT2D eigenvalue weighted by atomic mass is 10.4. The van der Waals surface area contributed by atoms with Crippen molar-refractivity contribution in [2.45, 2.75) is 16.2 Å². The Bertz CT molecular complexity index is 962. The molecule has 0 amide bonds. The van der Waals surface area contributed by atoms with E-state index < -0.39 is 25.9 Å². The minimum absolute atomic E-state index is 0.00161. The van der Waals surface area contributed by atoms with Crippen LogP contribution in [0.1, 0.15) is 6.42 Å². The van der Waals surface area contributed by atoms with Gasteiger partial charge in [-0.3, -0.25) is 0 Å². The third-order valence-electron chi connectivity index (χ3n) is 4.25. The summed E-state index contributed by atoms with van der Waals surface area (Å²) >= 11 is 0. The summed E-state index contributed by atoms with van der Waals surface area (Å²) in [7, 11) is -7.45. The highest BCUT2D eigenvalue weighted by molar-refractivity contribution is 7.89. The first-order chi connectivity index (χ1) is 12.3. The fourth-order valence-corrected chi connectivity index (χ4v) is 5.81. The molecule has 26 heavy (non-hydrogen) atoms. The standard InChI is InChI=1S/C17H19FN2O4S2/c18-15-7-9-17(10-8-15)26(23,24)20-12-4-11-19(13-14-20)25(21,22)16-5-2-1-3-6-16/h1-3,5-10H,4,11-14H2. The summed E-state index contributed by atoms with van der Waals surface area (Å²) in [5, 5.41) is 0. The lowest BCUT2D eigenvalue weighted by Gasteiger charge is -2.21. The molecule has 0 saturated carbocycles. The zero-order chi connectivity index (χ0) is 18.8. The molecule has 2 aromatic rings. The van der Waals surface area contributed by atoms with Crippen molar-refractivity contribution in [1.82, 2.24) is 8.61 Å². The van der Waals surface area contributed by atoms with Gasteiger partial charge >= 0.3 is 0 Å². The van der Waals surface area contributed by atoms with E-state index in [2.05, 4.69) is 0 Å². The van der Waals surface area contributed by atoms with Gasteiger partial charge in [0, 0.05) is 26.2 Å². The molecule has 1 saturated heterocycles. The molecule has 0 aliphatic carbocycles. The van der Waals surface area contributed by atoms with Crippen LogP contribution in [0.3, 0.4) is 0 Å². The Kier molecular flexibility index (Phi) is 5.42. The molecular weight excluding hydrogens is 379 g/mol. The Hall–Kier alpha value is -1.81. The summed E-state index contributed by atoms with van der Waals surface area (Å²) < 4.78 is 66.5. The first kappa shape index (κ1) is 19.0. The van der Waals surface area contributed by atoms with Gasteiger partial charge in [-0.15, -0.1) is 0 Å². The van der Waals surface area contributed by atoms with Crippen LogP contribution in [0, 0.1) is 5.82 Å². The molecule has 0 N–H and O–H groups in total. The quantitative estimate of drug-likeness (QED) is 0.789. The molecule has 1 fully saturated rings. The minimum Gasteiger partial charge on any atom is -0.207 e. The van der Waals surface area contributed by atoms with Gasteiger partial charge < -0.3 is 0 Å². The summed E-state index contributed by atoms with van der Waals surface area (Å²) in [6.45, 7) is 0.566. The Morgan fingerprint density at radius 3 is 1.62 bits per heavy atom. The van der Waals surface area contributed by atoms with Crippen LogP contribution < -0.4 is 0 Å². The second-order valence-electron chi connectivity index (χ2n) is 5.93. The average molecular weight is 398 g/mol.